The van der Waals surface area contributed by atoms with Crippen LogP contribution < -0.4 is 0 Å². The topological polar surface area (TPSA) is 78.9 Å². The molecule has 0 saturated carbocycles. The summed E-state index contributed by atoms with van der Waals surface area (Å²) < 4.78 is 16.9. The summed E-state index contributed by atoms with van der Waals surface area (Å²) in [5.41, 5.74) is 0. The lowest BCUT2D eigenvalue weighted by atomic mass is 10.0. The van der Waals surface area contributed by atoms with Gasteiger partial charge in [-0.15, -0.1) is 0 Å². The molecule has 0 amide bonds. The first-order chi connectivity index (χ1) is 39.5. The Balaban J connectivity index is 4.44. The van der Waals surface area contributed by atoms with Gasteiger partial charge in [-0.2, -0.15) is 0 Å². The van der Waals surface area contributed by atoms with E-state index in [-0.39, 0.29) is 31.1 Å². The zero-order chi connectivity index (χ0) is 57.8. The monoisotopic (exact) mass is 1110 g/mol. The molecule has 0 rings (SSSR count). The summed E-state index contributed by atoms with van der Waals surface area (Å²) in [7, 11) is 0. The number of ether oxygens (including phenoxy) is 3. The van der Waals surface area contributed by atoms with Gasteiger partial charge in [0.1, 0.15) is 13.2 Å². The number of carbonyl (C=O) groups excluding carboxylic acids is 3. The minimum Gasteiger partial charge on any atom is -0.462 e. The van der Waals surface area contributed by atoms with E-state index in [9.17, 15) is 14.4 Å². The number of hydrogen-bond donors (Lipinski definition) is 0. The van der Waals surface area contributed by atoms with Crippen LogP contribution in [0.3, 0.4) is 0 Å². The fraction of sp³-hybridized carbons (Fsp3) is 0.662. The average molecular weight is 1110 g/mol. The Morgan fingerprint density at radius 2 is 0.500 bits per heavy atom. The van der Waals surface area contributed by atoms with E-state index in [1.54, 1.807) is 0 Å². The largest absolute Gasteiger partial charge is 0.462 e. The highest BCUT2D eigenvalue weighted by Gasteiger charge is 2.19. The van der Waals surface area contributed by atoms with Gasteiger partial charge < -0.3 is 14.2 Å². The highest BCUT2D eigenvalue weighted by Crippen LogP contribution is 2.15. The van der Waals surface area contributed by atoms with Crippen molar-refractivity contribution >= 4 is 17.9 Å². The van der Waals surface area contributed by atoms with Crippen LogP contribution in [0.2, 0.25) is 0 Å². The maximum Gasteiger partial charge on any atom is 0.306 e. The number of carbonyl (C=O) groups is 3. The van der Waals surface area contributed by atoms with Gasteiger partial charge in [0, 0.05) is 19.3 Å². The van der Waals surface area contributed by atoms with Gasteiger partial charge in [-0.25, -0.2) is 0 Å². The average Bonchev–Trinajstić information content (AvgIpc) is 3.46. The van der Waals surface area contributed by atoms with Crippen molar-refractivity contribution in [3.63, 3.8) is 0 Å². The molecule has 1 unspecified atom stereocenters. The molecule has 0 aromatic heterocycles. The number of unbranched alkanes of at least 4 members (excludes halogenated alkanes) is 26. The lowest BCUT2D eigenvalue weighted by molar-refractivity contribution is -0.167. The molecule has 0 aromatic carbocycles. The highest BCUT2D eigenvalue weighted by molar-refractivity contribution is 5.71. The minimum absolute atomic E-state index is 0.100. The van der Waals surface area contributed by atoms with Gasteiger partial charge in [-0.3, -0.25) is 14.4 Å². The quantitative estimate of drug-likeness (QED) is 0.0261. The summed E-state index contributed by atoms with van der Waals surface area (Å²) in [6.07, 6.45) is 94.6. The maximum absolute atomic E-state index is 12.9. The summed E-state index contributed by atoms with van der Waals surface area (Å²) in [6, 6.07) is 0. The third-order valence-corrected chi connectivity index (χ3v) is 13.9. The van der Waals surface area contributed by atoms with Crippen LogP contribution in [0.25, 0.3) is 0 Å². The van der Waals surface area contributed by atoms with Gasteiger partial charge in [0.25, 0.3) is 0 Å². The standard InChI is InChI=1S/C74H122O6/c1-4-7-10-13-16-19-22-25-28-30-32-34-36-37-39-40-42-44-46-49-52-55-58-61-64-67-73(76)79-70-71(69-78-72(75)66-63-60-57-54-51-48-27-24-21-18-15-12-9-6-3)80-74(77)68-65-62-59-56-53-50-47-45-43-41-38-35-33-31-29-26-23-20-17-14-11-8-5-2/h7,10,15-16,18-19,23-28,31-34,37,39,42,44,49,52,71H,4-6,8-9,11-14,17,20-22,29-30,35-36,38,40-41,43,45-48,50-51,53-70H2,1-3H3/b10-7-,18-15-,19-16-,26-23-,27-24-,28-25-,33-31-,34-32-,39-37-,44-42-,52-49-. The minimum atomic E-state index is -0.806. The van der Waals surface area contributed by atoms with Crippen molar-refractivity contribution in [2.45, 2.75) is 303 Å². The molecule has 0 fully saturated rings. The number of rotatable bonds is 59. The SMILES string of the molecule is CC/C=C\C/C=C\C/C=C\C/C=C\C/C=C\C/C=C\C/C=C\CCCCCC(=O)OCC(COC(=O)CCCCCCC/C=C\C/C=C\CCCC)OC(=O)CCCCCCCCCCCCC/C=C\C/C=C\CCCCCCC. The Morgan fingerprint density at radius 1 is 0.263 bits per heavy atom. The van der Waals surface area contributed by atoms with Crippen LogP contribution in [0.15, 0.2) is 134 Å². The van der Waals surface area contributed by atoms with Gasteiger partial charge in [-0.1, -0.05) is 276 Å². The number of allylic oxidation sites excluding steroid dienone is 22. The van der Waals surface area contributed by atoms with Crippen molar-refractivity contribution in [2.75, 3.05) is 13.2 Å². The molecule has 0 aliphatic heterocycles. The van der Waals surface area contributed by atoms with Gasteiger partial charge >= 0.3 is 17.9 Å². The predicted molar refractivity (Wildman–Crippen MR) is 348 cm³/mol. The molecule has 0 spiro atoms. The molecule has 0 aliphatic rings. The fourth-order valence-electron chi connectivity index (χ4n) is 8.88. The smallest absolute Gasteiger partial charge is 0.306 e. The molecule has 0 heterocycles. The Kier molecular flexibility index (Phi) is 63.3. The molecular weight excluding hydrogens is 985 g/mol. The first kappa shape index (κ1) is 75.5. The van der Waals surface area contributed by atoms with Crippen molar-refractivity contribution in [1.29, 1.82) is 0 Å². The fourth-order valence-corrected chi connectivity index (χ4v) is 8.88. The van der Waals surface area contributed by atoms with Crippen molar-refractivity contribution in [3.05, 3.63) is 134 Å². The van der Waals surface area contributed by atoms with E-state index < -0.39 is 6.10 Å². The Morgan fingerprint density at radius 3 is 0.812 bits per heavy atom. The summed E-state index contributed by atoms with van der Waals surface area (Å²) in [6.45, 7) is 6.45. The third-order valence-electron chi connectivity index (χ3n) is 13.9. The predicted octanol–water partition coefficient (Wildman–Crippen LogP) is 22.9. The molecule has 6 heteroatoms. The van der Waals surface area contributed by atoms with Crippen molar-refractivity contribution in [2.24, 2.45) is 0 Å². The Labute approximate surface area is 494 Å². The molecule has 0 aliphatic carbocycles. The summed E-state index contributed by atoms with van der Waals surface area (Å²) in [4.78, 5) is 38.4. The lowest BCUT2D eigenvalue weighted by Crippen LogP contribution is -2.30. The molecule has 0 saturated heterocycles. The zero-order valence-corrected chi connectivity index (χ0v) is 52.0. The number of esters is 3. The molecular formula is C74H122O6. The highest BCUT2D eigenvalue weighted by atomic mass is 16.6. The van der Waals surface area contributed by atoms with E-state index in [1.165, 1.54) is 116 Å². The van der Waals surface area contributed by atoms with Crippen LogP contribution in [0.4, 0.5) is 0 Å². The number of hydrogen-bond acceptors (Lipinski definition) is 6. The first-order valence-electron chi connectivity index (χ1n) is 33.2. The molecule has 80 heavy (non-hydrogen) atoms. The zero-order valence-electron chi connectivity index (χ0n) is 52.0. The van der Waals surface area contributed by atoms with Gasteiger partial charge in [-0.05, 0) is 135 Å². The molecule has 6 nitrogen and oxygen atoms in total. The van der Waals surface area contributed by atoms with E-state index in [0.29, 0.717) is 19.3 Å². The normalized spacial score (nSPS) is 13.0. The second kappa shape index (κ2) is 67.1. The molecule has 0 N–H and O–H groups in total. The molecule has 1 atom stereocenters. The molecule has 0 radical (unpaired) electrons. The lowest BCUT2D eigenvalue weighted by Gasteiger charge is -2.18. The molecule has 454 valence electrons. The Bertz CT molecular complexity index is 1700. The maximum atomic E-state index is 12.9. The Hall–Kier alpha value is -4.45. The van der Waals surface area contributed by atoms with Crippen LogP contribution in [-0.4, -0.2) is 37.2 Å². The van der Waals surface area contributed by atoms with E-state index in [2.05, 4.69) is 154 Å². The van der Waals surface area contributed by atoms with Crippen molar-refractivity contribution < 1.29 is 28.6 Å². The van der Waals surface area contributed by atoms with Crippen LogP contribution in [0.5, 0.6) is 0 Å². The van der Waals surface area contributed by atoms with Gasteiger partial charge in [0.05, 0.1) is 0 Å². The van der Waals surface area contributed by atoms with E-state index in [4.69, 9.17) is 14.2 Å². The summed E-state index contributed by atoms with van der Waals surface area (Å²) in [5, 5.41) is 0. The second-order valence-electron chi connectivity index (χ2n) is 21.6. The molecule has 0 bridgehead atoms. The van der Waals surface area contributed by atoms with Crippen LogP contribution in [0, 0.1) is 0 Å². The van der Waals surface area contributed by atoms with Crippen molar-refractivity contribution in [3.8, 4) is 0 Å². The van der Waals surface area contributed by atoms with Crippen LogP contribution in [0.1, 0.15) is 297 Å². The van der Waals surface area contributed by atoms with Crippen LogP contribution in [-0.2, 0) is 28.6 Å². The van der Waals surface area contributed by atoms with E-state index in [1.807, 2.05) is 0 Å². The second-order valence-corrected chi connectivity index (χ2v) is 21.6. The van der Waals surface area contributed by atoms with E-state index >= 15 is 0 Å². The van der Waals surface area contributed by atoms with Crippen LogP contribution >= 0.6 is 0 Å². The van der Waals surface area contributed by atoms with E-state index in [0.717, 1.165) is 141 Å². The summed E-state index contributed by atoms with van der Waals surface area (Å²) in [5.74, 6) is -0.945. The van der Waals surface area contributed by atoms with Gasteiger partial charge in [0.2, 0.25) is 0 Å². The molecule has 0 aromatic rings. The first-order valence-corrected chi connectivity index (χ1v) is 33.2. The third kappa shape index (κ3) is 64.4. The van der Waals surface area contributed by atoms with Gasteiger partial charge in [0.15, 0.2) is 6.10 Å². The summed E-state index contributed by atoms with van der Waals surface area (Å²) >= 11 is 0. The van der Waals surface area contributed by atoms with Crippen molar-refractivity contribution in [1.82, 2.24) is 0 Å².